The zero-order valence-electron chi connectivity index (χ0n) is 8.31. The number of pyridine rings is 1. The number of fused-ring (bicyclic) bond motifs is 1. The molecule has 0 amide bonds. The molecule has 88 valence electrons. The van der Waals surface area contributed by atoms with Gasteiger partial charge in [0.2, 0.25) is 0 Å². The summed E-state index contributed by atoms with van der Waals surface area (Å²) in [6.07, 6.45) is 1.42. The summed E-state index contributed by atoms with van der Waals surface area (Å²) in [6.45, 7) is 0. The zero-order chi connectivity index (χ0) is 12.6. The Morgan fingerprint density at radius 1 is 1.29 bits per heavy atom. The molecule has 1 aromatic carbocycles. The highest BCUT2D eigenvalue weighted by molar-refractivity contribution is 9.09. The van der Waals surface area contributed by atoms with Gasteiger partial charge in [-0.2, -0.15) is 0 Å². The van der Waals surface area contributed by atoms with E-state index in [1.165, 1.54) is 6.20 Å². The van der Waals surface area contributed by atoms with Crippen LogP contribution in [0.5, 0.6) is 0 Å². The smallest absolute Gasteiger partial charge is 0.176 e. The zero-order valence-corrected chi connectivity index (χ0v) is 12.2. The third kappa shape index (κ3) is 2.43. The standard InChI is InChI=1S/C11H5BrCl3NO/c12-3-9(17)7-4-16-11-6(10(7)15)1-5(13)2-8(11)14/h1-2,4H,3H2. The number of carbonyl (C=O) groups excluding carboxylic acids is 1. The highest BCUT2D eigenvalue weighted by Crippen LogP contribution is 2.33. The molecule has 6 heteroatoms. The summed E-state index contributed by atoms with van der Waals surface area (Å²) < 4.78 is 0. The van der Waals surface area contributed by atoms with Gasteiger partial charge in [0, 0.05) is 16.6 Å². The van der Waals surface area contributed by atoms with E-state index in [9.17, 15) is 4.79 Å². The maximum atomic E-state index is 11.6. The quantitative estimate of drug-likeness (QED) is 0.575. The number of ketones is 1. The molecule has 0 fully saturated rings. The molecular weight excluding hydrogens is 348 g/mol. The fraction of sp³-hybridized carbons (Fsp3) is 0.0909. The first-order valence-corrected chi connectivity index (χ1v) is 6.82. The van der Waals surface area contributed by atoms with Crippen LogP contribution in [0.25, 0.3) is 10.9 Å². The summed E-state index contributed by atoms with van der Waals surface area (Å²) in [5.41, 5.74) is 0.890. The van der Waals surface area contributed by atoms with E-state index in [0.29, 0.717) is 31.5 Å². The van der Waals surface area contributed by atoms with E-state index in [0.717, 1.165) is 0 Å². The number of halogens is 4. The largest absolute Gasteiger partial charge is 0.293 e. The van der Waals surface area contributed by atoms with Gasteiger partial charge in [0.1, 0.15) is 0 Å². The molecule has 0 N–H and O–H groups in total. The molecule has 0 bridgehead atoms. The van der Waals surface area contributed by atoms with Crippen LogP contribution < -0.4 is 0 Å². The molecular formula is C11H5BrCl3NO. The second-order valence-electron chi connectivity index (χ2n) is 3.33. The first-order valence-electron chi connectivity index (χ1n) is 4.57. The minimum Gasteiger partial charge on any atom is -0.293 e. The van der Waals surface area contributed by atoms with Crippen LogP contribution in [0.15, 0.2) is 18.3 Å². The molecule has 0 spiro atoms. The molecule has 0 unspecified atom stereocenters. The fourth-order valence-corrected chi connectivity index (χ4v) is 2.60. The van der Waals surface area contributed by atoms with Crippen LogP contribution in [0.1, 0.15) is 10.4 Å². The second-order valence-corrected chi connectivity index (χ2v) is 5.11. The van der Waals surface area contributed by atoms with Gasteiger partial charge in [-0.3, -0.25) is 9.78 Å². The van der Waals surface area contributed by atoms with Gasteiger partial charge in [-0.05, 0) is 12.1 Å². The molecule has 2 aromatic rings. The number of carbonyl (C=O) groups is 1. The highest BCUT2D eigenvalue weighted by Gasteiger charge is 2.14. The monoisotopic (exact) mass is 351 g/mol. The lowest BCUT2D eigenvalue weighted by Crippen LogP contribution is -2.02. The normalized spacial score (nSPS) is 10.8. The predicted molar refractivity (Wildman–Crippen MR) is 74.9 cm³/mol. The van der Waals surface area contributed by atoms with E-state index in [4.69, 9.17) is 34.8 Å². The Kier molecular flexibility index (Phi) is 3.93. The van der Waals surface area contributed by atoms with Gasteiger partial charge in [-0.1, -0.05) is 50.7 Å². The summed E-state index contributed by atoms with van der Waals surface area (Å²) in [5, 5.41) is 1.95. The van der Waals surface area contributed by atoms with Crippen molar-refractivity contribution in [1.29, 1.82) is 0 Å². The van der Waals surface area contributed by atoms with Gasteiger partial charge in [0.05, 0.1) is 26.5 Å². The minimum atomic E-state index is -0.138. The van der Waals surface area contributed by atoms with Crippen molar-refractivity contribution in [3.8, 4) is 0 Å². The molecule has 0 radical (unpaired) electrons. The third-order valence-electron chi connectivity index (χ3n) is 2.25. The molecule has 0 aliphatic rings. The summed E-state index contributed by atoms with van der Waals surface area (Å²) in [6, 6.07) is 3.23. The van der Waals surface area contributed by atoms with Gasteiger partial charge in [-0.15, -0.1) is 0 Å². The number of hydrogen-bond acceptors (Lipinski definition) is 2. The molecule has 1 heterocycles. The topological polar surface area (TPSA) is 30.0 Å². The van der Waals surface area contributed by atoms with Crippen LogP contribution >= 0.6 is 50.7 Å². The number of benzene rings is 1. The van der Waals surface area contributed by atoms with Crippen LogP contribution in [0.3, 0.4) is 0 Å². The van der Waals surface area contributed by atoms with Crippen molar-refractivity contribution in [1.82, 2.24) is 4.98 Å². The lowest BCUT2D eigenvalue weighted by Gasteiger charge is -2.06. The maximum Gasteiger partial charge on any atom is 0.176 e. The molecule has 17 heavy (non-hydrogen) atoms. The van der Waals surface area contributed by atoms with Crippen molar-refractivity contribution >= 4 is 67.4 Å². The highest BCUT2D eigenvalue weighted by atomic mass is 79.9. The number of rotatable bonds is 2. The molecule has 0 atom stereocenters. The van der Waals surface area contributed by atoms with E-state index in [-0.39, 0.29) is 11.1 Å². The van der Waals surface area contributed by atoms with Gasteiger partial charge >= 0.3 is 0 Å². The Morgan fingerprint density at radius 2 is 2.00 bits per heavy atom. The molecule has 0 aliphatic heterocycles. The van der Waals surface area contributed by atoms with E-state index < -0.39 is 0 Å². The lowest BCUT2D eigenvalue weighted by molar-refractivity contribution is 0.102. The number of hydrogen-bond donors (Lipinski definition) is 0. The Bertz CT molecular complexity index is 615. The van der Waals surface area contributed by atoms with E-state index in [1.807, 2.05) is 0 Å². The van der Waals surface area contributed by atoms with Crippen molar-refractivity contribution in [3.63, 3.8) is 0 Å². The lowest BCUT2D eigenvalue weighted by atomic mass is 10.1. The summed E-state index contributed by atoms with van der Waals surface area (Å²) >= 11 is 21.1. The van der Waals surface area contributed by atoms with Crippen LogP contribution in [-0.2, 0) is 0 Å². The van der Waals surface area contributed by atoms with Crippen molar-refractivity contribution in [2.45, 2.75) is 0 Å². The Labute approximate surface area is 121 Å². The fourth-order valence-electron chi connectivity index (χ4n) is 1.46. The SMILES string of the molecule is O=C(CBr)c1cnc2c(Cl)cc(Cl)cc2c1Cl. The van der Waals surface area contributed by atoms with Crippen LogP contribution in [0, 0.1) is 0 Å². The van der Waals surface area contributed by atoms with Gasteiger partial charge in [-0.25, -0.2) is 0 Å². The van der Waals surface area contributed by atoms with Crippen LogP contribution in [0.4, 0.5) is 0 Å². The molecule has 2 nitrogen and oxygen atoms in total. The molecule has 0 saturated heterocycles. The Balaban J connectivity index is 2.79. The van der Waals surface area contributed by atoms with Crippen LogP contribution in [0.2, 0.25) is 15.1 Å². The van der Waals surface area contributed by atoms with Gasteiger partial charge in [0.15, 0.2) is 5.78 Å². The average Bonchev–Trinajstić information content (AvgIpc) is 2.29. The van der Waals surface area contributed by atoms with Gasteiger partial charge < -0.3 is 0 Å². The summed E-state index contributed by atoms with van der Waals surface area (Å²) in [4.78, 5) is 15.7. The number of Topliss-reactive ketones (excluding diaryl/α,β-unsaturated/α-hetero) is 1. The number of alkyl halides is 1. The minimum absolute atomic E-state index is 0.138. The number of nitrogens with zero attached hydrogens (tertiary/aromatic N) is 1. The van der Waals surface area contributed by atoms with Crippen LogP contribution in [-0.4, -0.2) is 16.1 Å². The molecule has 0 saturated carbocycles. The molecule has 0 aliphatic carbocycles. The van der Waals surface area contributed by atoms with Gasteiger partial charge in [0.25, 0.3) is 0 Å². The average molecular weight is 353 g/mol. The predicted octanol–water partition coefficient (Wildman–Crippen LogP) is 4.77. The Hall–Kier alpha value is -0.350. The summed E-state index contributed by atoms with van der Waals surface area (Å²) in [7, 11) is 0. The second kappa shape index (κ2) is 5.11. The summed E-state index contributed by atoms with van der Waals surface area (Å²) in [5.74, 6) is -0.138. The van der Waals surface area contributed by atoms with Crippen molar-refractivity contribution in [2.75, 3.05) is 5.33 Å². The van der Waals surface area contributed by atoms with Crippen molar-refractivity contribution in [3.05, 3.63) is 39.0 Å². The van der Waals surface area contributed by atoms with E-state index in [2.05, 4.69) is 20.9 Å². The number of aromatic nitrogens is 1. The molecule has 1 aromatic heterocycles. The Morgan fingerprint density at radius 3 is 2.65 bits per heavy atom. The van der Waals surface area contributed by atoms with Crippen molar-refractivity contribution in [2.24, 2.45) is 0 Å². The first kappa shape index (κ1) is 13.1. The first-order chi connectivity index (χ1) is 8.04. The van der Waals surface area contributed by atoms with E-state index >= 15 is 0 Å². The molecule has 2 rings (SSSR count). The maximum absolute atomic E-state index is 11.6. The van der Waals surface area contributed by atoms with E-state index in [1.54, 1.807) is 12.1 Å². The van der Waals surface area contributed by atoms with Crippen molar-refractivity contribution < 1.29 is 4.79 Å². The third-order valence-corrected chi connectivity index (χ3v) is 3.67.